The molecule has 0 aliphatic carbocycles. The van der Waals surface area contributed by atoms with E-state index in [1.807, 2.05) is 19.9 Å². The van der Waals surface area contributed by atoms with Crippen molar-refractivity contribution in [3.05, 3.63) is 62.3 Å². The van der Waals surface area contributed by atoms with Crippen LogP contribution in [0.5, 0.6) is 0 Å². The molecule has 2 nitrogen and oxygen atoms in total. The number of aryl methyl sites for hydroxylation is 2. The van der Waals surface area contributed by atoms with E-state index in [0.717, 1.165) is 17.2 Å². The summed E-state index contributed by atoms with van der Waals surface area (Å²) in [6, 6.07) is 7.96. The van der Waals surface area contributed by atoms with Gasteiger partial charge in [-0.2, -0.15) is 0 Å². The Balaban J connectivity index is 2.32. The van der Waals surface area contributed by atoms with Crippen molar-refractivity contribution in [1.82, 2.24) is 0 Å². The van der Waals surface area contributed by atoms with Crippen molar-refractivity contribution >= 4 is 39.1 Å². The van der Waals surface area contributed by atoms with Gasteiger partial charge in [0.25, 0.3) is 5.91 Å². The lowest BCUT2D eigenvalue weighted by molar-refractivity contribution is 0.102. The van der Waals surface area contributed by atoms with E-state index in [0.29, 0.717) is 15.7 Å². The van der Waals surface area contributed by atoms with Gasteiger partial charge in [-0.25, -0.2) is 4.39 Å². The number of nitrogens with one attached hydrogen (secondary N) is 1. The highest BCUT2D eigenvalue weighted by Gasteiger charge is 2.13. The number of anilines is 1. The molecule has 0 heterocycles. The van der Waals surface area contributed by atoms with Gasteiger partial charge in [0.2, 0.25) is 0 Å². The molecule has 5 heteroatoms. The third-order valence-electron chi connectivity index (χ3n) is 2.73. The van der Waals surface area contributed by atoms with Gasteiger partial charge in [-0.1, -0.05) is 28.8 Å². The Morgan fingerprint density at radius 1 is 1.15 bits per heavy atom. The molecule has 0 aliphatic rings. The molecule has 0 saturated heterocycles. The fourth-order valence-electron chi connectivity index (χ4n) is 1.95. The lowest BCUT2D eigenvalue weighted by Gasteiger charge is -2.10. The first-order valence-corrected chi connectivity index (χ1v) is 7.08. The zero-order chi connectivity index (χ0) is 14.9. The van der Waals surface area contributed by atoms with E-state index in [4.69, 9.17) is 11.6 Å². The van der Waals surface area contributed by atoms with Crippen LogP contribution in [0.1, 0.15) is 21.5 Å². The second-order valence-electron chi connectivity index (χ2n) is 4.57. The second-order valence-corrected chi connectivity index (χ2v) is 5.84. The Morgan fingerprint density at radius 3 is 2.30 bits per heavy atom. The molecule has 0 unspecified atom stereocenters. The van der Waals surface area contributed by atoms with Crippen molar-refractivity contribution in [1.29, 1.82) is 0 Å². The highest BCUT2D eigenvalue weighted by atomic mass is 79.9. The first kappa shape index (κ1) is 15.0. The molecular weight excluding hydrogens is 345 g/mol. The summed E-state index contributed by atoms with van der Waals surface area (Å²) >= 11 is 9.13. The first-order chi connectivity index (χ1) is 9.36. The van der Waals surface area contributed by atoms with E-state index < -0.39 is 5.82 Å². The van der Waals surface area contributed by atoms with E-state index in [1.54, 1.807) is 12.1 Å². The van der Waals surface area contributed by atoms with Crippen molar-refractivity contribution in [3.8, 4) is 0 Å². The highest BCUT2D eigenvalue weighted by Crippen LogP contribution is 2.32. The van der Waals surface area contributed by atoms with Gasteiger partial charge in [0.1, 0.15) is 5.82 Å². The Kier molecular flexibility index (Phi) is 4.45. The van der Waals surface area contributed by atoms with Crippen LogP contribution in [0.3, 0.4) is 0 Å². The number of amides is 1. The monoisotopic (exact) mass is 355 g/mol. The van der Waals surface area contributed by atoms with Crippen LogP contribution in [0.25, 0.3) is 0 Å². The molecule has 0 aliphatic heterocycles. The number of hydrogen-bond acceptors (Lipinski definition) is 1. The van der Waals surface area contributed by atoms with Crippen molar-refractivity contribution in [2.75, 3.05) is 5.32 Å². The molecule has 2 aromatic rings. The average molecular weight is 357 g/mol. The predicted octanol–water partition coefficient (Wildman–Crippen LogP) is 5.11. The van der Waals surface area contributed by atoms with Crippen LogP contribution in [-0.2, 0) is 0 Å². The van der Waals surface area contributed by atoms with E-state index >= 15 is 0 Å². The number of benzene rings is 2. The summed E-state index contributed by atoms with van der Waals surface area (Å²) < 4.78 is 13.6. The van der Waals surface area contributed by atoms with Crippen LogP contribution in [0.4, 0.5) is 10.1 Å². The van der Waals surface area contributed by atoms with Gasteiger partial charge in [0, 0.05) is 10.0 Å². The van der Waals surface area contributed by atoms with Crippen molar-refractivity contribution < 1.29 is 9.18 Å². The Morgan fingerprint density at radius 2 is 1.75 bits per heavy atom. The number of halogens is 3. The minimum absolute atomic E-state index is 0.148. The highest BCUT2D eigenvalue weighted by molar-refractivity contribution is 9.10. The van der Waals surface area contributed by atoms with Crippen molar-refractivity contribution in [2.45, 2.75) is 13.8 Å². The van der Waals surface area contributed by atoms with Crippen LogP contribution in [0.2, 0.25) is 5.02 Å². The Bertz CT molecular complexity index is 644. The van der Waals surface area contributed by atoms with Gasteiger partial charge in [-0.15, -0.1) is 0 Å². The largest absolute Gasteiger partial charge is 0.320 e. The number of carbonyl (C=O) groups is 1. The maximum Gasteiger partial charge on any atom is 0.255 e. The van der Waals surface area contributed by atoms with E-state index in [1.165, 1.54) is 6.07 Å². The lowest BCUT2D eigenvalue weighted by Crippen LogP contribution is -2.13. The number of hydrogen-bond donors (Lipinski definition) is 1. The smallest absolute Gasteiger partial charge is 0.255 e. The lowest BCUT2D eigenvalue weighted by atomic mass is 10.1. The molecule has 0 spiro atoms. The maximum absolute atomic E-state index is 13.1. The number of rotatable bonds is 2. The Labute approximate surface area is 130 Å². The quantitative estimate of drug-likeness (QED) is 0.796. The van der Waals surface area contributed by atoms with Gasteiger partial charge in [0.15, 0.2) is 0 Å². The molecule has 0 aromatic heterocycles. The zero-order valence-electron chi connectivity index (χ0n) is 10.9. The SMILES string of the molecule is Cc1cc(C)cc(C(=O)Nc2c(Cl)cc(F)cc2Br)c1. The van der Waals surface area contributed by atoms with Crippen LogP contribution >= 0.6 is 27.5 Å². The summed E-state index contributed by atoms with van der Waals surface area (Å²) in [4.78, 5) is 12.2. The third kappa shape index (κ3) is 3.38. The summed E-state index contributed by atoms with van der Waals surface area (Å²) in [5.41, 5.74) is 2.89. The van der Waals surface area contributed by atoms with Gasteiger partial charge in [-0.05, 0) is 54.0 Å². The first-order valence-electron chi connectivity index (χ1n) is 5.91. The van der Waals surface area contributed by atoms with Gasteiger partial charge < -0.3 is 5.32 Å². The predicted molar refractivity (Wildman–Crippen MR) is 83.0 cm³/mol. The molecule has 0 atom stereocenters. The molecule has 1 amide bonds. The van der Waals surface area contributed by atoms with Crippen molar-refractivity contribution in [2.24, 2.45) is 0 Å². The van der Waals surface area contributed by atoms with Crippen LogP contribution in [0.15, 0.2) is 34.8 Å². The molecule has 2 rings (SSSR count). The summed E-state index contributed by atoms with van der Waals surface area (Å²) in [7, 11) is 0. The summed E-state index contributed by atoms with van der Waals surface area (Å²) in [5.74, 6) is -0.753. The normalized spacial score (nSPS) is 10.4. The maximum atomic E-state index is 13.1. The molecule has 0 bridgehead atoms. The molecule has 1 N–H and O–H groups in total. The van der Waals surface area contributed by atoms with Gasteiger partial charge in [0.05, 0.1) is 10.7 Å². The second kappa shape index (κ2) is 5.94. The standard InChI is InChI=1S/C15H12BrClFNO/c1-8-3-9(2)5-10(4-8)15(20)19-14-12(16)6-11(18)7-13(14)17/h3-7H,1-2H3,(H,19,20). The summed E-state index contributed by atoms with van der Waals surface area (Å²) in [5, 5.41) is 2.84. The molecule has 20 heavy (non-hydrogen) atoms. The fraction of sp³-hybridized carbons (Fsp3) is 0.133. The van der Waals surface area contributed by atoms with Crippen LogP contribution in [-0.4, -0.2) is 5.91 Å². The van der Waals surface area contributed by atoms with E-state index in [-0.39, 0.29) is 10.9 Å². The molecular formula is C15H12BrClFNO. The minimum Gasteiger partial charge on any atom is -0.320 e. The fourth-order valence-corrected chi connectivity index (χ4v) is 2.85. The summed E-state index contributed by atoms with van der Waals surface area (Å²) in [6.45, 7) is 3.84. The zero-order valence-corrected chi connectivity index (χ0v) is 13.3. The van der Waals surface area contributed by atoms with Crippen molar-refractivity contribution in [3.63, 3.8) is 0 Å². The van der Waals surface area contributed by atoms with E-state index in [2.05, 4.69) is 21.2 Å². The molecule has 0 radical (unpaired) electrons. The minimum atomic E-state index is -0.466. The van der Waals surface area contributed by atoms with Gasteiger partial charge in [-0.3, -0.25) is 4.79 Å². The van der Waals surface area contributed by atoms with E-state index in [9.17, 15) is 9.18 Å². The van der Waals surface area contributed by atoms with Gasteiger partial charge >= 0.3 is 0 Å². The van der Waals surface area contributed by atoms with Crippen LogP contribution < -0.4 is 5.32 Å². The third-order valence-corrected chi connectivity index (χ3v) is 3.65. The average Bonchev–Trinajstić information content (AvgIpc) is 2.32. The molecule has 104 valence electrons. The Hall–Kier alpha value is -1.39. The molecule has 0 fully saturated rings. The summed E-state index contributed by atoms with van der Waals surface area (Å²) in [6.07, 6.45) is 0. The number of carbonyl (C=O) groups excluding carboxylic acids is 1. The topological polar surface area (TPSA) is 29.1 Å². The van der Waals surface area contributed by atoms with Crippen LogP contribution in [0, 0.1) is 19.7 Å². The molecule has 2 aromatic carbocycles. The molecule has 0 saturated carbocycles.